The van der Waals surface area contributed by atoms with Gasteiger partial charge in [-0.25, -0.2) is 4.98 Å². The topological polar surface area (TPSA) is 42.7 Å². The molecule has 0 aromatic carbocycles. The molecule has 2 heterocycles. The number of hydrogen-bond donors (Lipinski definition) is 1. The Labute approximate surface area is 112 Å². The highest BCUT2D eigenvalue weighted by atomic mass is 32.1. The lowest BCUT2D eigenvalue weighted by Gasteiger charge is -2.18. The summed E-state index contributed by atoms with van der Waals surface area (Å²) < 4.78 is 2.00. The molecular weight excluding hydrogens is 244 g/mol. The fraction of sp³-hybridized carbons (Fsp3) is 0.538. The summed E-state index contributed by atoms with van der Waals surface area (Å²) in [6, 6.07) is 0. The summed E-state index contributed by atoms with van der Waals surface area (Å²) in [6.45, 7) is 8.27. The highest BCUT2D eigenvalue weighted by Crippen LogP contribution is 2.12. The highest BCUT2D eigenvalue weighted by Gasteiger charge is 2.13. The molecular formula is C13H20N4S. The van der Waals surface area contributed by atoms with Crippen LogP contribution in [0.3, 0.4) is 0 Å². The molecule has 5 heteroatoms. The standard InChI is InChI=1S/C13H20N4S/c1-13(2,3)17-8-11(7-16-17)6-14-5-4-12-9-18-10-15-12/h7-10,14H,4-6H2,1-3H3. The summed E-state index contributed by atoms with van der Waals surface area (Å²) in [4.78, 5) is 4.26. The Balaban J connectivity index is 1.75. The van der Waals surface area contributed by atoms with Gasteiger partial charge in [-0.15, -0.1) is 11.3 Å². The number of rotatable bonds is 5. The number of thiazole rings is 1. The second-order valence-corrected chi connectivity index (χ2v) is 6.09. The van der Waals surface area contributed by atoms with Crippen molar-refractivity contribution < 1.29 is 0 Å². The molecule has 2 rings (SSSR count). The molecule has 0 aliphatic carbocycles. The molecule has 2 aromatic rings. The summed E-state index contributed by atoms with van der Waals surface area (Å²) in [5.41, 5.74) is 4.32. The van der Waals surface area contributed by atoms with E-state index >= 15 is 0 Å². The summed E-state index contributed by atoms with van der Waals surface area (Å²) in [7, 11) is 0. The zero-order chi connectivity index (χ0) is 13.0. The summed E-state index contributed by atoms with van der Waals surface area (Å²) in [5.74, 6) is 0. The average molecular weight is 264 g/mol. The van der Waals surface area contributed by atoms with Crippen LogP contribution in [0.1, 0.15) is 32.0 Å². The Bertz CT molecular complexity index is 467. The minimum Gasteiger partial charge on any atom is -0.312 e. The molecule has 0 bridgehead atoms. The second-order valence-electron chi connectivity index (χ2n) is 5.37. The quantitative estimate of drug-likeness (QED) is 0.843. The molecule has 0 saturated carbocycles. The van der Waals surface area contributed by atoms with Crippen LogP contribution in [0.2, 0.25) is 0 Å². The molecule has 2 aromatic heterocycles. The van der Waals surface area contributed by atoms with Crippen LogP contribution in [0.25, 0.3) is 0 Å². The lowest BCUT2D eigenvalue weighted by atomic mass is 10.1. The number of aromatic nitrogens is 3. The molecule has 98 valence electrons. The Morgan fingerprint density at radius 2 is 2.22 bits per heavy atom. The first-order valence-electron chi connectivity index (χ1n) is 6.17. The third-order valence-corrected chi connectivity index (χ3v) is 3.33. The predicted octanol–water partition coefficient (Wildman–Crippen LogP) is 2.43. The third kappa shape index (κ3) is 3.65. The van der Waals surface area contributed by atoms with Gasteiger partial charge in [-0.2, -0.15) is 5.10 Å². The van der Waals surface area contributed by atoms with Crippen molar-refractivity contribution in [1.29, 1.82) is 0 Å². The molecule has 0 unspecified atom stereocenters. The monoisotopic (exact) mass is 264 g/mol. The van der Waals surface area contributed by atoms with Crippen LogP contribution < -0.4 is 5.32 Å². The van der Waals surface area contributed by atoms with Crippen LogP contribution in [0.15, 0.2) is 23.3 Å². The molecule has 0 fully saturated rings. The van der Waals surface area contributed by atoms with E-state index in [2.05, 4.69) is 47.7 Å². The summed E-state index contributed by atoms with van der Waals surface area (Å²) in [6.07, 6.45) is 5.02. The predicted molar refractivity (Wildman–Crippen MR) is 74.7 cm³/mol. The largest absolute Gasteiger partial charge is 0.312 e. The SMILES string of the molecule is CC(C)(C)n1cc(CNCCc2cscn2)cn1. The van der Waals surface area contributed by atoms with Crippen molar-refractivity contribution in [2.45, 2.75) is 39.3 Å². The van der Waals surface area contributed by atoms with Gasteiger partial charge in [0, 0.05) is 36.7 Å². The molecule has 0 amide bonds. The van der Waals surface area contributed by atoms with Crippen molar-refractivity contribution >= 4 is 11.3 Å². The van der Waals surface area contributed by atoms with Crippen molar-refractivity contribution in [2.24, 2.45) is 0 Å². The van der Waals surface area contributed by atoms with Crippen LogP contribution in [0.5, 0.6) is 0 Å². The molecule has 0 spiro atoms. The van der Waals surface area contributed by atoms with Crippen molar-refractivity contribution in [2.75, 3.05) is 6.54 Å². The maximum Gasteiger partial charge on any atom is 0.0794 e. The zero-order valence-electron chi connectivity index (χ0n) is 11.2. The molecule has 1 N–H and O–H groups in total. The molecule has 0 aliphatic heterocycles. The first-order chi connectivity index (χ1) is 8.55. The first kappa shape index (κ1) is 13.2. The normalized spacial score (nSPS) is 11.9. The van der Waals surface area contributed by atoms with Gasteiger partial charge in [-0.1, -0.05) is 0 Å². The Morgan fingerprint density at radius 1 is 1.39 bits per heavy atom. The van der Waals surface area contributed by atoms with Gasteiger partial charge in [0.2, 0.25) is 0 Å². The number of hydrogen-bond acceptors (Lipinski definition) is 4. The maximum atomic E-state index is 4.38. The molecule has 0 aliphatic rings. The second kappa shape index (κ2) is 5.63. The van der Waals surface area contributed by atoms with E-state index in [1.54, 1.807) is 11.3 Å². The Kier molecular flexibility index (Phi) is 4.14. The lowest BCUT2D eigenvalue weighted by Crippen LogP contribution is -2.22. The fourth-order valence-corrected chi connectivity index (χ4v) is 2.22. The van der Waals surface area contributed by atoms with Crippen LogP contribution >= 0.6 is 11.3 Å². The highest BCUT2D eigenvalue weighted by molar-refractivity contribution is 7.07. The van der Waals surface area contributed by atoms with Gasteiger partial charge in [0.1, 0.15) is 0 Å². The van der Waals surface area contributed by atoms with E-state index < -0.39 is 0 Å². The smallest absolute Gasteiger partial charge is 0.0794 e. The number of nitrogens with one attached hydrogen (secondary N) is 1. The Morgan fingerprint density at radius 3 is 2.83 bits per heavy atom. The van der Waals surface area contributed by atoms with Gasteiger partial charge >= 0.3 is 0 Å². The summed E-state index contributed by atoms with van der Waals surface area (Å²) >= 11 is 1.65. The van der Waals surface area contributed by atoms with Gasteiger partial charge in [0.25, 0.3) is 0 Å². The molecule has 0 saturated heterocycles. The van der Waals surface area contributed by atoms with Gasteiger partial charge in [0.15, 0.2) is 0 Å². The van der Waals surface area contributed by atoms with Crippen LogP contribution in [-0.2, 0) is 18.5 Å². The van der Waals surface area contributed by atoms with Gasteiger partial charge in [0.05, 0.1) is 22.9 Å². The lowest BCUT2D eigenvalue weighted by molar-refractivity contribution is 0.355. The minimum atomic E-state index is 0.0544. The van der Waals surface area contributed by atoms with Crippen molar-refractivity contribution in [3.8, 4) is 0 Å². The van der Waals surface area contributed by atoms with Gasteiger partial charge < -0.3 is 5.32 Å². The van der Waals surface area contributed by atoms with E-state index in [9.17, 15) is 0 Å². The minimum absolute atomic E-state index is 0.0544. The third-order valence-electron chi connectivity index (χ3n) is 2.69. The summed E-state index contributed by atoms with van der Waals surface area (Å²) in [5, 5.41) is 9.89. The van der Waals surface area contributed by atoms with Crippen molar-refractivity contribution in [1.82, 2.24) is 20.1 Å². The van der Waals surface area contributed by atoms with Gasteiger partial charge in [-0.05, 0) is 20.8 Å². The van der Waals surface area contributed by atoms with E-state index in [1.807, 2.05) is 16.4 Å². The average Bonchev–Trinajstić information content (AvgIpc) is 2.95. The van der Waals surface area contributed by atoms with E-state index in [-0.39, 0.29) is 5.54 Å². The fourth-order valence-electron chi connectivity index (χ4n) is 1.63. The first-order valence-corrected chi connectivity index (χ1v) is 7.12. The van der Waals surface area contributed by atoms with Crippen molar-refractivity contribution in [3.05, 3.63) is 34.5 Å². The van der Waals surface area contributed by atoms with E-state index in [0.29, 0.717) is 0 Å². The zero-order valence-corrected chi connectivity index (χ0v) is 12.0. The van der Waals surface area contributed by atoms with Crippen LogP contribution in [0.4, 0.5) is 0 Å². The van der Waals surface area contributed by atoms with Crippen LogP contribution in [0, 0.1) is 0 Å². The Hall–Kier alpha value is -1.20. The molecule has 18 heavy (non-hydrogen) atoms. The van der Waals surface area contributed by atoms with Crippen LogP contribution in [-0.4, -0.2) is 21.3 Å². The van der Waals surface area contributed by atoms with E-state index in [4.69, 9.17) is 0 Å². The van der Waals surface area contributed by atoms with E-state index in [1.165, 1.54) is 5.56 Å². The van der Waals surface area contributed by atoms with Crippen molar-refractivity contribution in [3.63, 3.8) is 0 Å². The maximum absolute atomic E-state index is 4.38. The molecule has 0 radical (unpaired) electrons. The number of nitrogens with zero attached hydrogens (tertiary/aromatic N) is 3. The molecule has 0 atom stereocenters. The molecule has 4 nitrogen and oxygen atoms in total. The van der Waals surface area contributed by atoms with Gasteiger partial charge in [-0.3, -0.25) is 4.68 Å². The van der Waals surface area contributed by atoms with E-state index in [0.717, 1.165) is 25.2 Å².